The van der Waals surface area contributed by atoms with Crippen molar-refractivity contribution in [1.82, 2.24) is 0 Å². The number of alkyl halides is 1. The monoisotopic (exact) mass is 360 g/mol. The van der Waals surface area contributed by atoms with E-state index in [4.69, 9.17) is 30.9 Å². The average molecular weight is 361 g/mol. The van der Waals surface area contributed by atoms with Gasteiger partial charge in [0.25, 0.3) is 0 Å². The second-order valence-corrected chi connectivity index (χ2v) is 6.02. The zero-order valence-electron chi connectivity index (χ0n) is 12.0. The third kappa shape index (κ3) is 3.34. The molecule has 9 atom stereocenters. The summed E-state index contributed by atoms with van der Waals surface area (Å²) < 4.78 is 15.6. The molecule has 0 spiro atoms. The molecule has 0 aromatic rings. The summed E-state index contributed by atoms with van der Waals surface area (Å²) in [5.41, 5.74) is 0. The van der Waals surface area contributed by atoms with E-state index in [-0.39, 0.29) is 0 Å². The molecule has 0 unspecified atom stereocenters. The number of halogens is 1. The van der Waals surface area contributed by atoms with E-state index in [9.17, 15) is 30.6 Å². The predicted molar refractivity (Wildman–Crippen MR) is 72.3 cm³/mol. The summed E-state index contributed by atoms with van der Waals surface area (Å²) in [6, 6.07) is 0. The zero-order valence-corrected chi connectivity index (χ0v) is 12.7. The molecule has 0 aromatic heterocycles. The Hall–Kier alpha value is -0.110. The number of hydrogen-bond acceptors (Lipinski definition) is 10. The van der Waals surface area contributed by atoms with Crippen LogP contribution in [0, 0.1) is 0 Å². The summed E-state index contributed by atoms with van der Waals surface area (Å²) in [7, 11) is 0. The van der Waals surface area contributed by atoms with E-state index in [0.717, 1.165) is 0 Å². The highest BCUT2D eigenvalue weighted by molar-refractivity contribution is 6.21. The van der Waals surface area contributed by atoms with Crippen molar-refractivity contribution in [2.24, 2.45) is 0 Å². The summed E-state index contributed by atoms with van der Waals surface area (Å²) in [4.78, 5) is 0. The van der Waals surface area contributed by atoms with Crippen molar-refractivity contribution in [3.8, 4) is 0 Å². The molecule has 2 rings (SSSR count). The lowest BCUT2D eigenvalue weighted by molar-refractivity contribution is -0.372. The van der Waals surface area contributed by atoms with Crippen LogP contribution in [0.2, 0.25) is 0 Å². The van der Waals surface area contributed by atoms with Crippen molar-refractivity contribution < 1.29 is 50.0 Å². The molecule has 2 aliphatic heterocycles. The SMILES string of the molecule is OC[C@H]1O[C@](CO)(O[C@@H]2O[C@H](CO)[C@H](Cl)[C@H](O)[C@H]2O)[C@@H](O)[C@@H]1O. The molecule has 2 aliphatic rings. The van der Waals surface area contributed by atoms with Gasteiger partial charge in [-0.25, -0.2) is 0 Å². The second-order valence-electron chi connectivity index (χ2n) is 5.51. The van der Waals surface area contributed by atoms with Gasteiger partial charge in [-0.2, -0.15) is 0 Å². The highest BCUT2D eigenvalue weighted by atomic mass is 35.5. The van der Waals surface area contributed by atoms with E-state index in [1.165, 1.54) is 0 Å². The Labute approximate surface area is 136 Å². The fourth-order valence-corrected chi connectivity index (χ4v) is 2.89. The summed E-state index contributed by atoms with van der Waals surface area (Å²) in [6.07, 6.45) is -10.4. The van der Waals surface area contributed by atoms with E-state index in [1.807, 2.05) is 0 Å². The van der Waals surface area contributed by atoms with Crippen LogP contribution in [0.15, 0.2) is 0 Å². The number of aliphatic hydroxyl groups excluding tert-OH is 7. The van der Waals surface area contributed by atoms with Crippen LogP contribution in [0.1, 0.15) is 0 Å². The molecule has 2 saturated heterocycles. The van der Waals surface area contributed by atoms with Crippen LogP contribution in [0.25, 0.3) is 0 Å². The molecule has 0 radical (unpaired) electrons. The molecule has 0 aromatic carbocycles. The zero-order chi connectivity index (χ0) is 17.4. The quantitative estimate of drug-likeness (QED) is 0.239. The Morgan fingerprint density at radius 2 is 1.52 bits per heavy atom. The second kappa shape index (κ2) is 7.42. The van der Waals surface area contributed by atoms with Gasteiger partial charge in [-0.3, -0.25) is 0 Å². The Morgan fingerprint density at radius 1 is 0.913 bits per heavy atom. The highest BCUT2D eigenvalue weighted by Crippen LogP contribution is 2.36. The Kier molecular flexibility index (Phi) is 6.20. The van der Waals surface area contributed by atoms with Gasteiger partial charge in [0.2, 0.25) is 5.79 Å². The Balaban J connectivity index is 2.18. The first kappa shape index (κ1) is 19.2. The Morgan fingerprint density at radius 3 is 2.00 bits per heavy atom. The van der Waals surface area contributed by atoms with Gasteiger partial charge in [-0.1, -0.05) is 0 Å². The number of aliphatic hydroxyl groups is 7. The summed E-state index contributed by atoms with van der Waals surface area (Å²) in [5, 5.41) is 66.3. The molecule has 10 nitrogen and oxygen atoms in total. The van der Waals surface area contributed by atoms with Gasteiger partial charge in [0.1, 0.15) is 43.2 Å². The van der Waals surface area contributed by atoms with Crippen molar-refractivity contribution in [3.05, 3.63) is 0 Å². The van der Waals surface area contributed by atoms with Crippen molar-refractivity contribution in [2.75, 3.05) is 19.8 Å². The van der Waals surface area contributed by atoms with E-state index < -0.39 is 73.9 Å². The molecule has 2 fully saturated rings. The first-order chi connectivity index (χ1) is 10.8. The molecule has 136 valence electrons. The average Bonchev–Trinajstić information content (AvgIpc) is 2.80. The van der Waals surface area contributed by atoms with Gasteiger partial charge in [0, 0.05) is 0 Å². The number of ether oxygens (including phenoxy) is 3. The summed E-state index contributed by atoms with van der Waals surface area (Å²) >= 11 is 5.82. The lowest BCUT2D eigenvalue weighted by atomic mass is 10.0. The minimum absolute atomic E-state index is 0.574. The normalized spacial score (nSPS) is 51.1. The molecular formula is C12H21ClO10. The lowest BCUT2D eigenvalue weighted by Gasteiger charge is -2.43. The highest BCUT2D eigenvalue weighted by Gasteiger charge is 2.58. The largest absolute Gasteiger partial charge is 0.394 e. The summed E-state index contributed by atoms with van der Waals surface area (Å²) in [5.74, 6) is -2.18. The molecule has 11 heteroatoms. The van der Waals surface area contributed by atoms with Crippen LogP contribution < -0.4 is 0 Å². The first-order valence-electron chi connectivity index (χ1n) is 7.01. The predicted octanol–water partition coefficient (Wildman–Crippen LogP) is -4.15. The fourth-order valence-electron chi connectivity index (χ4n) is 2.60. The van der Waals surface area contributed by atoms with Gasteiger partial charge in [-0.05, 0) is 0 Å². The third-order valence-electron chi connectivity index (χ3n) is 4.02. The standard InChI is InChI=1S/C12H21ClO10/c13-6-4(1-14)21-11(9(19)8(6)18)23-12(3-16)10(20)7(17)5(2-15)22-12/h4-11,14-20H,1-3H2/t4-,5-,6+,7-,8+,9-,10+,11+,12-/m1/s1. The lowest BCUT2D eigenvalue weighted by Crippen LogP contribution is -2.61. The first-order valence-corrected chi connectivity index (χ1v) is 7.45. The van der Waals surface area contributed by atoms with Crippen molar-refractivity contribution in [2.45, 2.75) is 54.1 Å². The minimum Gasteiger partial charge on any atom is -0.394 e. The van der Waals surface area contributed by atoms with E-state index >= 15 is 0 Å². The minimum atomic E-state index is -2.18. The van der Waals surface area contributed by atoms with Crippen LogP contribution >= 0.6 is 11.6 Å². The molecule has 0 saturated carbocycles. The molecule has 7 N–H and O–H groups in total. The van der Waals surface area contributed by atoms with Gasteiger partial charge in [-0.15, -0.1) is 11.6 Å². The van der Waals surface area contributed by atoms with E-state index in [2.05, 4.69) is 0 Å². The van der Waals surface area contributed by atoms with E-state index in [1.54, 1.807) is 0 Å². The van der Waals surface area contributed by atoms with Crippen LogP contribution in [-0.2, 0) is 14.2 Å². The van der Waals surface area contributed by atoms with Crippen molar-refractivity contribution in [3.63, 3.8) is 0 Å². The van der Waals surface area contributed by atoms with Crippen LogP contribution in [0.5, 0.6) is 0 Å². The smallest absolute Gasteiger partial charge is 0.224 e. The number of hydrogen-bond donors (Lipinski definition) is 7. The summed E-state index contributed by atoms with van der Waals surface area (Å²) in [6.45, 7) is -2.16. The van der Waals surface area contributed by atoms with Crippen LogP contribution in [0.4, 0.5) is 0 Å². The van der Waals surface area contributed by atoms with Crippen molar-refractivity contribution >= 4 is 11.6 Å². The molecular weight excluding hydrogens is 340 g/mol. The maximum atomic E-state index is 10.0. The molecule has 0 amide bonds. The maximum absolute atomic E-state index is 10.0. The number of rotatable bonds is 5. The van der Waals surface area contributed by atoms with Gasteiger partial charge >= 0.3 is 0 Å². The molecule has 0 aliphatic carbocycles. The fraction of sp³-hybridized carbons (Fsp3) is 1.00. The topological polar surface area (TPSA) is 169 Å². The Bertz CT molecular complexity index is 398. The third-order valence-corrected chi connectivity index (χ3v) is 4.56. The van der Waals surface area contributed by atoms with Gasteiger partial charge < -0.3 is 50.0 Å². The maximum Gasteiger partial charge on any atom is 0.224 e. The van der Waals surface area contributed by atoms with Gasteiger partial charge in [0.15, 0.2) is 6.29 Å². The van der Waals surface area contributed by atoms with Gasteiger partial charge in [0.05, 0.1) is 18.6 Å². The molecule has 23 heavy (non-hydrogen) atoms. The van der Waals surface area contributed by atoms with Crippen LogP contribution in [0.3, 0.4) is 0 Å². The van der Waals surface area contributed by atoms with E-state index in [0.29, 0.717) is 0 Å². The van der Waals surface area contributed by atoms with Crippen molar-refractivity contribution in [1.29, 1.82) is 0 Å². The van der Waals surface area contributed by atoms with Crippen LogP contribution in [-0.4, -0.2) is 110 Å². The molecule has 0 bridgehead atoms. The molecule has 2 heterocycles.